The van der Waals surface area contributed by atoms with Gasteiger partial charge in [-0.2, -0.15) is 0 Å². The highest BCUT2D eigenvalue weighted by atomic mass is 32.1. The van der Waals surface area contributed by atoms with Crippen molar-refractivity contribution in [3.63, 3.8) is 0 Å². The van der Waals surface area contributed by atoms with E-state index in [1.165, 1.54) is 18.4 Å². The predicted molar refractivity (Wildman–Crippen MR) is 65.2 cm³/mol. The first-order valence-corrected chi connectivity index (χ1v) is 6.55. The fourth-order valence-corrected chi connectivity index (χ4v) is 3.46. The Hall–Kier alpha value is -0.950. The zero-order chi connectivity index (χ0) is 13.5. The van der Waals surface area contributed by atoms with Gasteiger partial charge in [-0.05, 0) is 12.5 Å². The Kier molecular flexibility index (Phi) is 3.46. The SMILES string of the molecule is CCc1cc2c(s1)[C@@H](O)[C@H](O)C[C@]2(O)C(=O)OC. The number of hydrogen-bond donors (Lipinski definition) is 3. The lowest BCUT2D eigenvalue weighted by atomic mass is 9.80. The lowest BCUT2D eigenvalue weighted by Gasteiger charge is -2.35. The van der Waals surface area contributed by atoms with E-state index in [2.05, 4.69) is 4.74 Å². The largest absolute Gasteiger partial charge is 0.467 e. The second kappa shape index (κ2) is 4.62. The summed E-state index contributed by atoms with van der Waals surface area (Å²) in [5.74, 6) is -0.810. The van der Waals surface area contributed by atoms with Crippen LogP contribution in [-0.4, -0.2) is 34.5 Å². The van der Waals surface area contributed by atoms with Crippen molar-refractivity contribution in [3.8, 4) is 0 Å². The van der Waals surface area contributed by atoms with Crippen LogP contribution in [0.15, 0.2) is 6.07 Å². The van der Waals surface area contributed by atoms with Crippen molar-refractivity contribution in [2.75, 3.05) is 7.11 Å². The Morgan fingerprint density at radius 1 is 1.61 bits per heavy atom. The monoisotopic (exact) mass is 272 g/mol. The highest BCUT2D eigenvalue weighted by Gasteiger charge is 2.50. The molecule has 3 atom stereocenters. The average Bonchev–Trinajstić information content (AvgIpc) is 2.80. The van der Waals surface area contributed by atoms with Crippen LogP contribution in [0.3, 0.4) is 0 Å². The van der Waals surface area contributed by atoms with Gasteiger partial charge >= 0.3 is 5.97 Å². The topological polar surface area (TPSA) is 87.0 Å². The number of rotatable bonds is 2. The molecule has 1 aliphatic carbocycles. The molecule has 1 aromatic rings. The van der Waals surface area contributed by atoms with Gasteiger partial charge < -0.3 is 20.1 Å². The number of hydrogen-bond acceptors (Lipinski definition) is 6. The van der Waals surface area contributed by atoms with Gasteiger partial charge in [0.1, 0.15) is 6.10 Å². The molecule has 3 N–H and O–H groups in total. The smallest absolute Gasteiger partial charge is 0.342 e. The molecule has 1 aliphatic rings. The maximum atomic E-state index is 11.7. The summed E-state index contributed by atoms with van der Waals surface area (Å²) in [5.41, 5.74) is -1.51. The van der Waals surface area contributed by atoms with Gasteiger partial charge in [-0.15, -0.1) is 11.3 Å². The third-order valence-electron chi connectivity index (χ3n) is 3.27. The van der Waals surface area contributed by atoms with Gasteiger partial charge in [0.25, 0.3) is 0 Å². The first kappa shape index (κ1) is 13.5. The highest BCUT2D eigenvalue weighted by Crippen LogP contribution is 2.45. The van der Waals surface area contributed by atoms with Crippen LogP contribution in [0.25, 0.3) is 0 Å². The standard InChI is InChI=1S/C12H16O5S/c1-3-6-4-7-10(18-6)9(14)8(13)5-12(7,16)11(15)17-2/h4,8-9,13-14,16H,3,5H2,1-2H3/t8-,9+,12-/m1/s1. The number of carbonyl (C=O) groups is 1. The van der Waals surface area contributed by atoms with Gasteiger partial charge in [0.05, 0.1) is 13.2 Å². The summed E-state index contributed by atoms with van der Waals surface area (Å²) in [6.45, 7) is 1.94. The Bertz CT molecular complexity index is 469. The van der Waals surface area contributed by atoms with E-state index in [-0.39, 0.29) is 6.42 Å². The number of aryl methyl sites for hydroxylation is 1. The van der Waals surface area contributed by atoms with Crippen LogP contribution in [0.5, 0.6) is 0 Å². The Morgan fingerprint density at radius 3 is 2.83 bits per heavy atom. The molecule has 100 valence electrons. The molecule has 0 radical (unpaired) electrons. The van der Waals surface area contributed by atoms with Crippen LogP contribution in [0, 0.1) is 0 Å². The molecule has 2 rings (SSSR count). The third-order valence-corrected chi connectivity index (χ3v) is 4.62. The van der Waals surface area contributed by atoms with Crippen LogP contribution in [0.2, 0.25) is 0 Å². The van der Waals surface area contributed by atoms with Crippen molar-refractivity contribution < 1.29 is 24.9 Å². The molecule has 1 aromatic heterocycles. The summed E-state index contributed by atoms with van der Waals surface area (Å²) in [6, 6.07) is 1.70. The second-order valence-electron chi connectivity index (χ2n) is 4.41. The minimum absolute atomic E-state index is 0.256. The van der Waals surface area contributed by atoms with Crippen LogP contribution in [-0.2, 0) is 21.6 Å². The number of ether oxygens (including phenoxy) is 1. The van der Waals surface area contributed by atoms with Gasteiger partial charge in [0.15, 0.2) is 5.60 Å². The van der Waals surface area contributed by atoms with E-state index < -0.39 is 23.8 Å². The summed E-state index contributed by atoms with van der Waals surface area (Å²) in [4.78, 5) is 13.1. The average molecular weight is 272 g/mol. The van der Waals surface area contributed by atoms with Gasteiger partial charge in [0.2, 0.25) is 0 Å². The van der Waals surface area contributed by atoms with E-state index in [0.29, 0.717) is 10.4 Å². The maximum absolute atomic E-state index is 11.7. The van der Waals surface area contributed by atoms with E-state index in [0.717, 1.165) is 11.3 Å². The number of thiophene rings is 1. The van der Waals surface area contributed by atoms with Crippen molar-refractivity contribution in [1.82, 2.24) is 0 Å². The maximum Gasteiger partial charge on any atom is 0.342 e. The number of fused-ring (bicyclic) bond motifs is 1. The van der Waals surface area contributed by atoms with Crippen molar-refractivity contribution in [2.45, 2.75) is 37.6 Å². The first-order valence-electron chi connectivity index (χ1n) is 5.74. The minimum atomic E-state index is -1.87. The zero-order valence-corrected chi connectivity index (χ0v) is 11.0. The van der Waals surface area contributed by atoms with Crippen LogP contribution >= 0.6 is 11.3 Å². The van der Waals surface area contributed by atoms with E-state index in [4.69, 9.17) is 0 Å². The van der Waals surface area contributed by atoms with Crippen LogP contribution in [0.4, 0.5) is 0 Å². The van der Waals surface area contributed by atoms with Crippen LogP contribution in [0.1, 0.15) is 34.8 Å². The molecular weight excluding hydrogens is 256 g/mol. The number of methoxy groups -OCH3 is 1. The number of esters is 1. The van der Waals surface area contributed by atoms with Crippen LogP contribution < -0.4 is 0 Å². The Labute approximate surface area is 109 Å². The molecule has 0 fully saturated rings. The predicted octanol–water partition coefficient (Wildman–Crippen LogP) is 0.469. The van der Waals surface area contributed by atoms with Crippen molar-refractivity contribution in [3.05, 3.63) is 21.4 Å². The molecule has 0 saturated carbocycles. The molecule has 0 aromatic carbocycles. The van der Waals surface area contributed by atoms with Gasteiger partial charge in [0, 0.05) is 21.7 Å². The van der Waals surface area contributed by atoms with Gasteiger partial charge in [-0.25, -0.2) is 4.79 Å². The van der Waals surface area contributed by atoms with Crippen molar-refractivity contribution >= 4 is 17.3 Å². The molecule has 5 nitrogen and oxygen atoms in total. The zero-order valence-electron chi connectivity index (χ0n) is 10.2. The summed E-state index contributed by atoms with van der Waals surface area (Å²) in [5, 5.41) is 30.1. The molecule has 6 heteroatoms. The quantitative estimate of drug-likeness (QED) is 0.681. The molecule has 1 heterocycles. The van der Waals surface area contributed by atoms with E-state index in [9.17, 15) is 20.1 Å². The summed E-state index contributed by atoms with van der Waals surface area (Å²) in [7, 11) is 1.19. The molecule has 0 saturated heterocycles. The highest BCUT2D eigenvalue weighted by molar-refractivity contribution is 7.12. The number of carbonyl (C=O) groups excluding carboxylic acids is 1. The molecular formula is C12H16O5S. The summed E-state index contributed by atoms with van der Waals surface area (Å²) < 4.78 is 4.60. The number of aliphatic hydroxyl groups excluding tert-OH is 2. The van der Waals surface area contributed by atoms with Gasteiger partial charge in [-0.1, -0.05) is 6.92 Å². The first-order chi connectivity index (χ1) is 8.43. The minimum Gasteiger partial charge on any atom is -0.467 e. The summed E-state index contributed by atoms with van der Waals surface area (Å²) in [6.07, 6.45) is -1.76. The normalized spacial score (nSPS) is 30.9. The van der Waals surface area contributed by atoms with E-state index in [1.54, 1.807) is 6.07 Å². The lowest BCUT2D eigenvalue weighted by Crippen LogP contribution is -2.45. The van der Waals surface area contributed by atoms with Crippen molar-refractivity contribution in [2.24, 2.45) is 0 Å². The Balaban J connectivity index is 2.56. The molecule has 18 heavy (non-hydrogen) atoms. The van der Waals surface area contributed by atoms with E-state index in [1.807, 2.05) is 6.92 Å². The fraction of sp³-hybridized carbons (Fsp3) is 0.583. The molecule has 0 aliphatic heterocycles. The second-order valence-corrected chi connectivity index (χ2v) is 5.58. The van der Waals surface area contributed by atoms with Gasteiger partial charge in [-0.3, -0.25) is 0 Å². The molecule has 0 spiro atoms. The lowest BCUT2D eigenvalue weighted by molar-refractivity contribution is -0.171. The third kappa shape index (κ3) is 1.85. The molecule has 0 unspecified atom stereocenters. The summed E-state index contributed by atoms with van der Waals surface area (Å²) >= 11 is 1.30. The Morgan fingerprint density at radius 2 is 2.28 bits per heavy atom. The van der Waals surface area contributed by atoms with E-state index >= 15 is 0 Å². The fourth-order valence-electron chi connectivity index (χ4n) is 2.24. The molecule has 0 bridgehead atoms. The van der Waals surface area contributed by atoms with Crippen molar-refractivity contribution in [1.29, 1.82) is 0 Å². The number of aliphatic hydroxyl groups is 3. The molecule has 0 amide bonds.